The van der Waals surface area contributed by atoms with Crippen molar-refractivity contribution in [3.05, 3.63) is 82.0 Å². The van der Waals surface area contributed by atoms with Gasteiger partial charge in [0.1, 0.15) is 11.4 Å². The zero-order valence-corrected chi connectivity index (χ0v) is 14.4. The van der Waals surface area contributed by atoms with Gasteiger partial charge in [-0.15, -0.1) is 0 Å². The van der Waals surface area contributed by atoms with Crippen LogP contribution in [-0.2, 0) is 0 Å². The molecule has 8 heteroatoms. The van der Waals surface area contributed by atoms with E-state index in [0.717, 1.165) is 11.6 Å². The fourth-order valence-corrected chi connectivity index (χ4v) is 2.29. The van der Waals surface area contributed by atoms with Gasteiger partial charge in [0, 0.05) is 17.7 Å². The molecule has 3 rings (SSSR count). The second-order valence-corrected chi connectivity index (χ2v) is 5.79. The Hall–Kier alpha value is -3.94. The van der Waals surface area contributed by atoms with E-state index in [2.05, 4.69) is 10.3 Å². The summed E-state index contributed by atoms with van der Waals surface area (Å²) in [7, 11) is 0. The van der Waals surface area contributed by atoms with Crippen molar-refractivity contribution < 1.29 is 14.5 Å². The van der Waals surface area contributed by atoms with E-state index in [4.69, 9.17) is 10.5 Å². The molecule has 0 atom stereocenters. The molecule has 27 heavy (non-hydrogen) atoms. The lowest BCUT2D eigenvalue weighted by atomic mass is 10.1. The molecule has 3 aromatic rings. The van der Waals surface area contributed by atoms with E-state index in [-0.39, 0.29) is 16.9 Å². The number of amides is 1. The van der Waals surface area contributed by atoms with Crippen molar-refractivity contribution >= 4 is 23.0 Å². The molecule has 0 spiro atoms. The number of nitrogens with two attached hydrogens (primary N) is 1. The van der Waals surface area contributed by atoms with E-state index in [1.807, 2.05) is 31.2 Å². The number of carbonyl (C=O) groups excluding carboxylic acids is 1. The number of pyridine rings is 1. The minimum absolute atomic E-state index is 0.00387. The van der Waals surface area contributed by atoms with Crippen LogP contribution in [0.4, 0.5) is 17.1 Å². The Labute approximate surface area is 154 Å². The van der Waals surface area contributed by atoms with Crippen molar-refractivity contribution in [2.24, 2.45) is 0 Å². The number of nitrogen functional groups attached to an aromatic ring is 1. The summed E-state index contributed by atoms with van der Waals surface area (Å²) in [5.41, 5.74) is 6.88. The molecule has 0 unspecified atom stereocenters. The Morgan fingerprint density at radius 3 is 2.52 bits per heavy atom. The van der Waals surface area contributed by atoms with E-state index in [1.54, 1.807) is 12.1 Å². The fraction of sp³-hybridized carbons (Fsp3) is 0.0526. The molecule has 0 saturated carbocycles. The molecule has 1 heterocycles. The first-order valence-corrected chi connectivity index (χ1v) is 7.98. The average molecular weight is 364 g/mol. The van der Waals surface area contributed by atoms with Gasteiger partial charge in [0.05, 0.1) is 16.8 Å². The Morgan fingerprint density at radius 1 is 1.15 bits per heavy atom. The number of aromatic nitrogens is 1. The summed E-state index contributed by atoms with van der Waals surface area (Å²) in [6.07, 6.45) is 1.44. The maximum Gasteiger partial charge on any atom is 0.292 e. The summed E-state index contributed by atoms with van der Waals surface area (Å²) in [6.45, 7) is 1.98. The number of anilines is 2. The zero-order valence-electron chi connectivity index (χ0n) is 14.4. The minimum atomic E-state index is -0.634. The molecule has 0 radical (unpaired) electrons. The van der Waals surface area contributed by atoms with Crippen LogP contribution in [0.25, 0.3) is 0 Å². The van der Waals surface area contributed by atoms with E-state index < -0.39 is 10.8 Å². The van der Waals surface area contributed by atoms with Crippen molar-refractivity contribution in [3.8, 4) is 11.6 Å². The summed E-state index contributed by atoms with van der Waals surface area (Å²) < 4.78 is 5.62. The average Bonchev–Trinajstić information content (AvgIpc) is 2.65. The highest BCUT2D eigenvalue weighted by molar-refractivity contribution is 6.05. The van der Waals surface area contributed by atoms with Crippen LogP contribution in [0.2, 0.25) is 0 Å². The fourth-order valence-electron chi connectivity index (χ4n) is 2.29. The molecule has 3 N–H and O–H groups in total. The second-order valence-electron chi connectivity index (χ2n) is 5.79. The predicted molar refractivity (Wildman–Crippen MR) is 101 cm³/mol. The number of hydrogen-bond donors (Lipinski definition) is 2. The molecule has 2 aromatic carbocycles. The van der Waals surface area contributed by atoms with E-state index in [0.29, 0.717) is 17.3 Å². The van der Waals surface area contributed by atoms with Crippen LogP contribution in [0.15, 0.2) is 60.8 Å². The standard InChI is InChI=1S/C19H16N4O4/c1-12-2-6-15(7-3-12)27-18-9-5-14(11-21-18)22-19(24)13-4-8-16(20)17(10-13)23(25)26/h2-11H,20H2,1H3,(H,22,24). The number of hydrogen-bond acceptors (Lipinski definition) is 6. The third-order valence-corrected chi connectivity index (χ3v) is 3.73. The molecule has 0 fully saturated rings. The van der Waals surface area contributed by atoms with Gasteiger partial charge in [0.25, 0.3) is 11.6 Å². The predicted octanol–water partition coefficient (Wildman–Crippen LogP) is 3.93. The largest absolute Gasteiger partial charge is 0.439 e. The number of benzene rings is 2. The monoisotopic (exact) mass is 364 g/mol. The van der Waals surface area contributed by atoms with Crippen LogP contribution in [0.3, 0.4) is 0 Å². The molecule has 1 amide bonds. The topological polar surface area (TPSA) is 120 Å². The Morgan fingerprint density at radius 2 is 1.89 bits per heavy atom. The van der Waals surface area contributed by atoms with Crippen LogP contribution in [0, 0.1) is 17.0 Å². The maximum absolute atomic E-state index is 12.3. The smallest absolute Gasteiger partial charge is 0.292 e. The van der Waals surface area contributed by atoms with Crippen LogP contribution in [0.1, 0.15) is 15.9 Å². The van der Waals surface area contributed by atoms with Crippen LogP contribution >= 0.6 is 0 Å². The van der Waals surface area contributed by atoms with Gasteiger partial charge in [-0.3, -0.25) is 14.9 Å². The van der Waals surface area contributed by atoms with Crippen molar-refractivity contribution in [2.75, 3.05) is 11.1 Å². The molecule has 0 aliphatic heterocycles. The lowest BCUT2D eigenvalue weighted by Gasteiger charge is -2.08. The lowest BCUT2D eigenvalue weighted by Crippen LogP contribution is -2.12. The molecule has 1 aromatic heterocycles. The van der Waals surface area contributed by atoms with Crippen molar-refractivity contribution in [2.45, 2.75) is 6.92 Å². The number of nitro benzene ring substituents is 1. The second kappa shape index (κ2) is 7.52. The molecule has 8 nitrogen and oxygen atoms in total. The molecule has 0 aliphatic rings. The highest BCUT2D eigenvalue weighted by atomic mass is 16.6. The third-order valence-electron chi connectivity index (χ3n) is 3.73. The van der Waals surface area contributed by atoms with Gasteiger partial charge >= 0.3 is 0 Å². The van der Waals surface area contributed by atoms with Gasteiger partial charge in [0.15, 0.2) is 0 Å². The first-order chi connectivity index (χ1) is 12.9. The molecular weight excluding hydrogens is 348 g/mol. The van der Waals surface area contributed by atoms with E-state index in [9.17, 15) is 14.9 Å². The molecule has 0 saturated heterocycles. The first kappa shape index (κ1) is 17.9. The number of rotatable bonds is 5. The van der Waals surface area contributed by atoms with Gasteiger partial charge in [-0.2, -0.15) is 0 Å². The number of nitro groups is 1. The minimum Gasteiger partial charge on any atom is -0.439 e. The summed E-state index contributed by atoms with van der Waals surface area (Å²) in [5.74, 6) is 0.520. The van der Waals surface area contributed by atoms with Gasteiger partial charge in [-0.25, -0.2) is 4.98 Å². The molecule has 136 valence electrons. The van der Waals surface area contributed by atoms with Crippen LogP contribution in [-0.4, -0.2) is 15.8 Å². The highest BCUT2D eigenvalue weighted by Gasteiger charge is 2.16. The molecule has 0 bridgehead atoms. The normalized spacial score (nSPS) is 10.3. The van der Waals surface area contributed by atoms with Gasteiger partial charge in [0.2, 0.25) is 5.88 Å². The quantitative estimate of drug-likeness (QED) is 0.402. The van der Waals surface area contributed by atoms with Crippen molar-refractivity contribution in [1.82, 2.24) is 4.98 Å². The van der Waals surface area contributed by atoms with Gasteiger partial charge < -0.3 is 15.8 Å². The van der Waals surface area contributed by atoms with Crippen molar-refractivity contribution in [1.29, 1.82) is 0 Å². The lowest BCUT2D eigenvalue weighted by molar-refractivity contribution is -0.383. The first-order valence-electron chi connectivity index (χ1n) is 7.98. The summed E-state index contributed by atoms with van der Waals surface area (Å²) in [6, 6.07) is 14.6. The SMILES string of the molecule is Cc1ccc(Oc2ccc(NC(=O)c3ccc(N)c([N+](=O)[O-])c3)cn2)cc1. The molecular formula is C19H16N4O4. The zero-order chi connectivity index (χ0) is 19.4. The number of carbonyl (C=O) groups is 1. The third kappa shape index (κ3) is 4.37. The van der Waals surface area contributed by atoms with Crippen LogP contribution < -0.4 is 15.8 Å². The Bertz CT molecular complexity index is 986. The Balaban J connectivity index is 1.69. The summed E-state index contributed by atoms with van der Waals surface area (Å²) in [5, 5.41) is 13.6. The number of ether oxygens (including phenoxy) is 1. The Kier molecular flexibility index (Phi) is 4.98. The van der Waals surface area contributed by atoms with E-state index >= 15 is 0 Å². The van der Waals surface area contributed by atoms with Gasteiger partial charge in [-0.1, -0.05) is 17.7 Å². The number of nitrogens with zero attached hydrogens (tertiary/aromatic N) is 2. The summed E-state index contributed by atoms with van der Waals surface area (Å²) in [4.78, 5) is 26.7. The number of aryl methyl sites for hydroxylation is 1. The summed E-state index contributed by atoms with van der Waals surface area (Å²) >= 11 is 0. The highest BCUT2D eigenvalue weighted by Crippen LogP contribution is 2.24. The van der Waals surface area contributed by atoms with Crippen LogP contribution in [0.5, 0.6) is 11.6 Å². The molecule has 0 aliphatic carbocycles. The van der Waals surface area contributed by atoms with Gasteiger partial charge in [-0.05, 0) is 37.3 Å². The van der Waals surface area contributed by atoms with Crippen molar-refractivity contribution in [3.63, 3.8) is 0 Å². The van der Waals surface area contributed by atoms with E-state index in [1.165, 1.54) is 18.3 Å². The number of nitrogens with one attached hydrogen (secondary N) is 1. The maximum atomic E-state index is 12.3.